The Bertz CT molecular complexity index is 640. The standard InChI is InChI=1S/C14H15F3N2/c1-8-3-10-4-11-7-18-6-9(2)19(11)13(10)5-12(8)14(15,16)17/h3-5,9,18H,6-7H2,1-2H3. The van der Waals surface area contributed by atoms with Gasteiger partial charge in [0.1, 0.15) is 0 Å². The first-order chi connectivity index (χ1) is 8.88. The molecule has 0 saturated heterocycles. The second kappa shape index (κ2) is 4.00. The first-order valence-electron chi connectivity index (χ1n) is 6.30. The lowest BCUT2D eigenvalue weighted by atomic mass is 10.1. The number of rotatable bonds is 0. The molecule has 1 aromatic heterocycles. The number of nitrogens with one attached hydrogen (secondary N) is 1. The summed E-state index contributed by atoms with van der Waals surface area (Å²) >= 11 is 0. The maximum atomic E-state index is 13.0. The van der Waals surface area contributed by atoms with E-state index in [0.717, 1.165) is 17.6 Å². The Kier molecular flexibility index (Phi) is 2.64. The van der Waals surface area contributed by atoms with Crippen molar-refractivity contribution >= 4 is 10.9 Å². The Labute approximate surface area is 109 Å². The molecule has 0 bridgehead atoms. The first-order valence-corrected chi connectivity index (χ1v) is 6.30. The zero-order valence-corrected chi connectivity index (χ0v) is 10.8. The molecule has 2 nitrogen and oxygen atoms in total. The SMILES string of the molecule is Cc1cc2cc3n(c2cc1C(F)(F)F)C(C)CNC3. The molecule has 0 amide bonds. The number of hydrogen-bond acceptors (Lipinski definition) is 1. The highest BCUT2D eigenvalue weighted by molar-refractivity contribution is 5.83. The highest BCUT2D eigenvalue weighted by Gasteiger charge is 2.33. The van der Waals surface area contributed by atoms with E-state index in [9.17, 15) is 13.2 Å². The Morgan fingerprint density at radius 3 is 2.68 bits per heavy atom. The quantitative estimate of drug-likeness (QED) is 0.772. The van der Waals surface area contributed by atoms with Crippen molar-refractivity contribution in [1.29, 1.82) is 0 Å². The number of fused-ring (bicyclic) bond motifs is 3. The van der Waals surface area contributed by atoms with Crippen molar-refractivity contribution < 1.29 is 13.2 Å². The van der Waals surface area contributed by atoms with E-state index in [2.05, 4.69) is 5.32 Å². The molecular formula is C14H15F3N2. The van der Waals surface area contributed by atoms with Crippen molar-refractivity contribution in [2.24, 2.45) is 0 Å². The molecule has 1 aromatic carbocycles. The van der Waals surface area contributed by atoms with Gasteiger partial charge in [-0.3, -0.25) is 0 Å². The van der Waals surface area contributed by atoms with Gasteiger partial charge in [0, 0.05) is 35.7 Å². The average molecular weight is 268 g/mol. The van der Waals surface area contributed by atoms with Gasteiger partial charge < -0.3 is 9.88 Å². The van der Waals surface area contributed by atoms with Gasteiger partial charge in [-0.05, 0) is 37.6 Å². The summed E-state index contributed by atoms with van der Waals surface area (Å²) in [6.45, 7) is 5.02. The number of halogens is 3. The highest BCUT2D eigenvalue weighted by atomic mass is 19.4. The summed E-state index contributed by atoms with van der Waals surface area (Å²) in [4.78, 5) is 0. The predicted molar refractivity (Wildman–Crippen MR) is 68.1 cm³/mol. The molecule has 0 spiro atoms. The average Bonchev–Trinajstić information content (AvgIpc) is 2.64. The Hall–Kier alpha value is -1.49. The lowest BCUT2D eigenvalue weighted by molar-refractivity contribution is -0.137. The van der Waals surface area contributed by atoms with Crippen LogP contribution in [0.5, 0.6) is 0 Å². The molecule has 1 aliphatic heterocycles. The smallest absolute Gasteiger partial charge is 0.339 e. The second-order valence-electron chi connectivity index (χ2n) is 5.21. The number of benzene rings is 1. The molecule has 1 aliphatic rings. The monoisotopic (exact) mass is 268 g/mol. The van der Waals surface area contributed by atoms with E-state index < -0.39 is 11.7 Å². The van der Waals surface area contributed by atoms with Gasteiger partial charge >= 0.3 is 6.18 Å². The number of nitrogens with zero attached hydrogens (tertiary/aromatic N) is 1. The maximum Gasteiger partial charge on any atom is 0.416 e. The van der Waals surface area contributed by atoms with Gasteiger partial charge in [0.05, 0.1) is 5.56 Å². The summed E-state index contributed by atoms with van der Waals surface area (Å²) in [5.41, 5.74) is 1.48. The van der Waals surface area contributed by atoms with Crippen LogP contribution in [0, 0.1) is 6.92 Å². The number of hydrogen-bond donors (Lipinski definition) is 1. The van der Waals surface area contributed by atoms with Gasteiger partial charge in [0.2, 0.25) is 0 Å². The third kappa shape index (κ3) is 1.92. The summed E-state index contributed by atoms with van der Waals surface area (Å²) in [5, 5.41) is 4.15. The molecule has 5 heteroatoms. The van der Waals surface area contributed by atoms with Crippen LogP contribution in [0.2, 0.25) is 0 Å². The minimum atomic E-state index is -4.29. The zero-order chi connectivity index (χ0) is 13.8. The van der Waals surface area contributed by atoms with E-state index in [0.29, 0.717) is 12.1 Å². The molecule has 1 atom stereocenters. The van der Waals surface area contributed by atoms with E-state index in [1.807, 2.05) is 17.6 Å². The molecule has 2 aromatic rings. The minimum absolute atomic E-state index is 0.171. The molecule has 0 radical (unpaired) electrons. The van der Waals surface area contributed by atoms with Crippen molar-refractivity contribution in [2.45, 2.75) is 32.6 Å². The number of alkyl halides is 3. The van der Waals surface area contributed by atoms with Gasteiger partial charge in [-0.15, -0.1) is 0 Å². The molecule has 3 rings (SSSR count). The van der Waals surface area contributed by atoms with Crippen molar-refractivity contribution in [3.05, 3.63) is 35.0 Å². The van der Waals surface area contributed by atoms with Crippen molar-refractivity contribution in [1.82, 2.24) is 9.88 Å². The van der Waals surface area contributed by atoms with Gasteiger partial charge in [-0.2, -0.15) is 13.2 Å². The molecule has 1 unspecified atom stereocenters. The normalized spacial score (nSPS) is 19.7. The van der Waals surface area contributed by atoms with Crippen molar-refractivity contribution in [3.63, 3.8) is 0 Å². The fraction of sp³-hybridized carbons (Fsp3) is 0.429. The molecule has 19 heavy (non-hydrogen) atoms. The van der Waals surface area contributed by atoms with Crippen molar-refractivity contribution in [3.8, 4) is 0 Å². The number of aromatic nitrogens is 1. The van der Waals surface area contributed by atoms with Crippen LogP contribution in [0.4, 0.5) is 13.2 Å². The summed E-state index contributed by atoms with van der Waals surface area (Å²) in [7, 11) is 0. The van der Waals surface area contributed by atoms with E-state index in [-0.39, 0.29) is 11.6 Å². The Balaban J connectivity index is 2.29. The molecule has 0 fully saturated rings. The van der Waals surface area contributed by atoms with E-state index in [1.54, 1.807) is 6.07 Å². The summed E-state index contributed by atoms with van der Waals surface area (Å²) in [6, 6.07) is 5.07. The van der Waals surface area contributed by atoms with Gasteiger partial charge in [0.15, 0.2) is 0 Å². The van der Waals surface area contributed by atoms with Gasteiger partial charge in [0.25, 0.3) is 0 Å². The van der Waals surface area contributed by atoms with Crippen LogP contribution in [-0.2, 0) is 12.7 Å². The predicted octanol–water partition coefficient (Wildman–Crippen LogP) is 3.63. The summed E-state index contributed by atoms with van der Waals surface area (Å²) in [5.74, 6) is 0. The molecule has 0 saturated carbocycles. The fourth-order valence-electron chi connectivity index (χ4n) is 2.91. The molecule has 0 aliphatic carbocycles. The third-order valence-electron chi connectivity index (χ3n) is 3.76. The second-order valence-corrected chi connectivity index (χ2v) is 5.21. The third-order valence-corrected chi connectivity index (χ3v) is 3.76. The summed E-state index contributed by atoms with van der Waals surface area (Å²) < 4.78 is 41.0. The van der Waals surface area contributed by atoms with Crippen LogP contribution in [0.15, 0.2) is 18.2 Å². The fourth-order valence-corrected chi connectivity index (χ4v) is 2.91. The number of aryl methyl sites for hydroxylation is 1. The largest absolute Gasteiger partial charge is 0.416 e. The molecule has 1 N–H and O–H groups in total. The highest BCUT2D eigenvalue weighted by Crippen LogP contribution is 2.36. The van der Waals surface area contributed by atoms with Gasteiger partial charge in [-0.1, -0.05) is 0 Å². The molecule has 102 valence electrons. The van der Waals surface area contributed by atoms with E-state index in [1.165, 1.54) is 13.0 Å². The minimum Gasteiger partial charge on any atom is -0.339 e. The summed E-state index contributed by atoms with van der Waals surface area (Å²) in [6.07, 6.45) is -4.29. The lowest BCUT2D eigenvalue weighted by Gasteiger charge is -2.25. The van der Waals surface area contributed by atoms with Crippen LogP contribution >= 0.6 is 0 Å². The molecular weight excluding hydrogens is 253 g/mol. The van der Waals surface area contributed by atoms with Crippen LogP contribution in [0.1, 0.15) is 29.8 Å². The Morgan fingerprint density at radius 1 is 1.26 bits per heavy atom. The zero-order valence-electron chi connectivity index (χ0n) is 10.8. The van der Waals surface area contributed by atoms with Crippen LogP contribution in [0.3, 0.4) is 0 Å². The Morgan fingerprint density at radius 2 is 2.00 bits per heavy atom. The van der Waals surface area contributed by atoms with Crippen LogP contribution in [-0.4, -0.2) is 11.1 Å². The topological polar surface area (TPSA) is 17.0 Å². The van der Waals surface area contributed by atoms with Crippen LogP contribution in [0.25, 0.3) is 10.9 Å². The van der Waals surface area contributed by atoms with E-state index in [4.69, 9.17) is 0 Å². The van der Waals surface area contributed by atoms with Crippen molar-refractivity contribution in [2.75, 3.05) is 6.54 Å². The first kappa shape index (κ1) is 12.5. The maximum absolute atomic E-state index is 13.0. The lowest BCUT2D eigenvalue weighted by Crippen LogP contribution is -2.30. The van der Waals surface area contributed by atoms with Crippen LogP contribution < -0.4 is 5.32 Å². The van der Waals surface area contributed by atoms with E-state index >= 15 is 0 Å². The molecule has 2 heterocycles. The van der Waals surface area contributed by atoms with Gasteiger partial charge in [-0.25, -0.2) is 0 Å².